The molecular formula is C19H21N5O. The third-order valence-corrected chi connectivity index (χ3v) is 4.68. The van der Waals surface area contributed by atoms with Gasteiger partial charge in [0.15, 0.2) is 5.65 Å². The molecule has 128 valence electrons. The van der Waals surface area contributed by atoms with E-state index in [1.165, 1.54) is 0 Å². The molecule has 0 radical (unpaired) electrons. The number of nitrogens with zero attached hydrogens (tertiary/aromatic N) is 3. The van der Waals surface area contributed by atoms with Crippen molar-refractivity contribution in [2.45, 2.75) is 19.4 Å². The van der Waals surface area contributed by atoms with Gasteiger partial charge in [-0.05, 0) is 26.0 Å². The van der Waals surface area contributed by atoms with E-state index >= 15 is 0 Å². The van der Waals surface area contributed by atoms with Crippen LogP contribution in [0, 0.1) is 6.92 Å². The van der Waals surface area contributed by atoms with Gasteiger partial charge in [0, 0.05) is 25.2 Å². The van der Waals surface area contributed by atoms with Gasteiger partial charge < -0.3 is 10.6 Å². The lowest BCUT2D eigenvalue weighted by molar-refractivity contribution is 0.0941. The van der Waals surface area contributed by atoms with Crippen molar-refractivity contribution in [2.75, 3.05) is 13.1 Å². The monoisotopic (exact) mass is 335 g/mol. The molecule has 1 atom stereocenters. The standard InChI is InChI=1S/C19H21N5O/c1-12-17-15(19(25)21-14-8-9-20-11-14)10-16(13-6-4-3-5-7-13)22-18(17)24(2)23-12/h3-7,10,14,20H,8-9,11H2,1-2H3,(H,21,25). The first-order valence-corrected chi connectivity index (χ1v) is 8.55. The first kappa shape index (κ1) is 15.8. The van der Waals surface area contributed by atoms with Gasteiger partial charge in [0.05, 0.1) is 22.3 Å². The number of hydrogen-bond donors (Lipinski definition) is 2. The Hall–Kier alpha value is -2.73. The van der Waals surface area contributed by atoms with Crippen LogP contribution in [0.1, 0.15) is 22.5 Å². The summed E-state index contributed by atoms with van der Waals surface area (Å²) in [4.78, 5) is 17.7. The largest absolute Gasteiger partial charge is 0.348 e. The average molecular weight is 335 g/mol. The lowest BCUT2D eigenvalue weighted by Crippen LogP contribution is -2.36. The van der Waals surface area contributed by atoms with E-state index in [0.717, 1.165) is 47.5 Å². The molecule has 3 aromatic rings. The molecule has 2 N–H and O–H groups in total. The van der Waals surface area contributed by atoms with E-state index in [2.05, 4.69) is 15.7 Å². The molecule has 0 saturated carbocycles. The Bertz CT molecular complexity index is 926. The molecule has 0 bridgehead atoms. The number of aryl methyl sites for hydroxylation is 2. The summed E-state index contributed by atoms with van der Waals surface area (Å²) in [6, 6.07) is 12.0. The molecule has 3 heterocycles. The maximum absolute atomic E-state index is 13.0. The molecule has 0 aliphatic carbocycles. The number of carbonyl (C=O) groups excluding carboxylic acids is 1. The van der Waals surface area contributed by atoms with Gasteiger partial charge in [0.2, 0.25) is 0 Å². The van der Waals surface area contributed by atoms with Gasteiger partial charge in [0.25, 0.3) is 5.91 Å². The highest BCUT2D eigenvalue weighted by molar-refractivity contribution is 6.07. The second-order valence-corrected chi connectivity index (χ2v) is 6.49. The number of amides is 1. The Morgan fingerprint density at radius 3 is 2.84 bits per heavy atom. The summed E-state index contributed by atoms with van der Waals surface area (Å²) in [6.45, 7) is 3.68. The van der Waals surface area contributed by atoms with Crippen LogP contribution in [-0.4, -0.2) is 39.8 Å². The first-order valence-electron chi connectivity index (χ1n) is 8.55. The Kier molecular flexibility index (Phi) is 3.97. The van der Waals surface area contributed by atoms with E-state index in [-0.39, 0.29) is 11.9 Å². The molecule has 1 amide bonds. The minimum atomic E-state index is -0.0608. The fourth-order valence-corrected chi connectivity index (χ4v) is 3.42. The maximum atomic E-state index is 13.0. The van der Waals surface area contributed by atoms with Crippen LogP contribution < -0.4 is 10.6 Å². The SMILES string of the molecule is Cc1nn(C)c2nc(-c3ccccc3)cc(C(=O)NC3CCNC3)c12. The molecule has 1 saturated heterocycles. The molecule has 0 spiro atoms. The van der Waals surface area contributed by atoms with Crippen molar-refractivity contribution in [2.24, 2.45) is 7.05 Å². The number of carbonyl (C=O) groups is 1. The maximum Gasteiger partial charge on any atom is 0.252 e. The molecule has 1 aromatic carbocycles. The molecule has 1 unspecified atom stereocenters. The van der Waals surface area contributed by atoms with Crippen molar-refractivity contribution in [3.8, 4) is 11.3 Å². The molecule has 25 heavy (non-hydrogen) atoms. The zero-order valence-electron chi connectivity index (χ0n) is 14.4. The minimum Gasteiger partial charge on any atom is -0.348 e. The summed E-state index contributed by atoms with van der Waals surface area (Å²) in [5, 5.41) is 11.7. The second-order valence-electron chi connectivity index (χ2n) is 6.49. The van der Waals surface area contributed by atoms with Crippen LogP contribution in [0.4, 0.5) is 0 Å². The topological polar surface area (TPSA) is 71.8 Å². The summed E-state index contributed by atoms with van der Waals surface area (Å²) in [5.41, 5.74) is 3.96. The van der Waals surface area contributed by atoms with Crippen molar-refractivity contribution in [1.82, 2.24) is 25.4 Å². The predicted molar refractivity (Wildman–Crippen MR) is 97.4 cm³/mol. The predicted octanol–water partition coefficient (Wildman–Crippen LogP) is 2.04. The van der Waals surface area contributed by atoms with Gasteiger partial charge in [-0.3, -0.25) is 9.48 Å². The van der Waals surface area contributed by atoms with Gasteiger partial charge in [0.1, 0.15) is 0 Å². The normalized spacial score (nSPS) is 17.1. The number of pyridine rings is 1. The molecule has 1 fully saturated rings. The van der Waals surface area contributed by atoms with E-state index in [0.29, 0.717) is 5.56 Å². The summed E-state index contributed by atoms with van der Waals surface area (Å²) < 4.78 is 1.74. The Morgan fingerprint density at radius 2 is 2.12 bits per heavy atom. The van der Waals surface area contributed by atoms with Crippen LogP contribution in [0.3, 0.4) is 0 Å². The van der Waals surface area contributed by atoms with Crippen molar-refractivity contribution < 1.29 is 4.79 Å². The van der Waals surface area contributed by atoms with E-state index in [9.17, 15) is 4.79 Å². The van der Waals surface area contributed by atoms with Crippen LogP contribution in [0.5, 0.6) is 0 Å². The van der Waals surface area contributed by atoms with Crippen LogP contribution >= 0.6 is 0 Å². The van der Waals surface area contributed by atoms with Gasteiger partial charge in [-0.15, -0.1) is 0 Å². The van der Waals surface area contributed by atoms with E-state index in [4.69, 9.17) is 4.98 Å². The number of rotatable bonds is 3. The lowest BCUT2D eigenvalue weighted by atomic mass is 10.0. The number of hydrogen-bond acceptors (Lipinski definition) is 4. The van der Waals surface area contributed by atoms with E-state index < -0.39 is 0 Å². The van der Waals surface area contributed by atoms with Crippen molar-refractivity contribution >= 4 is 16.9 Å². The Labute approximate surface area is 146 Å². The van der Waals surface area contributed by atoms with Gasteiger partial charge in [-0.25, -0.2) is 4.98 Å². The molecule has 1 aliphatic rings. The van der Waals surface area contributed by atoms with Crippen molar-refractivity contribution in [3.05, 3.63) is 47.7 Å². The Balaban J connectivity index is 1.84. The van der Waals surface area contributed by atoms with Crippen LogP contribution in [0.25, 0.3) is 22.3 Å². The average Bonchev–Trinajstić information content (AvgIpc) is 3.23. The zero-order valence-corrected chi connectivity index (χ0v) is 14.4. The fraction of sp³-hybridized carbons (Fsp3) is 0.316. The third kappa shape index (κ3) is 2.89. The third-order valence-electron chi connectivity index (χ3n) is 4.68. The first-order chi connectivity index (χ1) is 12.1. The van der Waals surface area contributed by atoms with Crippen molar-refractivity contribution in [1.29, 1.82) is 0 Å². The molecule has 4 rings (SSSR count). The number of nitrogens with one attached hydrogen (secondary N) is 2. The fourth-order valence-electron chi connectivity index (χ4n) is 3.42. The Morgan fingerprint density at radius 1 is 1.32 bits per heavy atom. The summed E-state index contributed by atoms with van der Waals surface area (Å²) in [5.74, 6) is -0.0608. The van der Waals surface area contributed by atoms with E-state index in [1.807, 2.05) is 50.4 Å². The van der Waals surface area contributed by atoms with Crippen LogP contribution in [0.2, 0.25) is 0 Å². The highest BCUT2D eigenvalue weighted by Gasteiger charge is 2.22. The minimum absolute atomic E-state index is 0.0608. The molecule has 2 aromatic heterocycles. The molecular weight excluding hydrogens is 314 g/mol. The quantitative estimate of drug-likeness (QED) is 0.768. The highest BCUT2D eigenvalue weighted by atomic mass is 16.1. The number of fused-ring (bicyclic) bond motifs is 1. The number of benzene rings is 1. The molecule has 6 heteroatoms. The molecule has 1 aliphatic heterocycles. The van der Waals surface area contributed by atoms with E-state index in [1.54, 1.807) is 4.68 Å². The summed E-state index contributed by atoms with van der Waals surface area (Å²) >= 11 is 0. The number of aromatic nitrogens is 3. The smallest absolute Gasteiger partial charge is 0.252 e. The van der Waals surface area contributed by atoms with Gasteiger partial charge in [-0.1, -0.05) is 30.3 Å². The second kappa shape index (κ2) is 6.29. The van der Waals surface area contributed by atoms with Crippen molar-refractivity contribution in [3.63, 3.8) is 0 Å². The van der Waals surface area contributed by atoms with Crippen LogP contribution in [0.15, 0.2) is 36.4 Å². The highest BCUT2D eigenvalue weighted by Crippen LogP contribution is 2.26. The summed E-state index contributed by atoms with van der Waals surface area (Å²) in [7, 11) is 1.86. The summed E-state index contributed by atoms with van der Waals surface area (Å²) in [6.07, 6.45) is 0.956. The van der Waals surface area contributed by atoms with Gasteiger partial charge >= 0.3 is 0 Å². The lowest BCUT2D eigenvalue weighted by Gasteiger charge is -2.13. The van der Waals surface area contributed by atoms with Crippen LogP contribution in [-0.2, 0) is 7.05 Å². The van der Waals surface area contributed by atoms with Gasteiger partial charge in [-0.2, -0.15) is 5.10 Å². The zero-order chi connectivity index (χ0) is 17.4. The molecule has 6 nitrogen and oxygen atoms in total.